The van der Waals surface area contributed by atoms with Crippen LogP contribution >= 0.6 is 0 Å². The van der Waals surface area contributed by atoms with Gasteiger partial charge in [0.15, 0.2) is 11.6 Å². The molecule has 3 aliphatic rings. The molecule has 1 aliphatic carbocycles. The Morgan fingerprint density at radius 2 is 1.50 bits per heavy atom. The number of rotatable bonds is 5. The van der Waals surface area contributed by atoms with Gasteiger partial charge in [0, 0.05) is 37.2 Å². The maximum Gasteiger partial charge on any atom is 0.490 e. The summed E-state index contributed by atoms with van der Waals surface area (Å²) in [7, 11) is 0. The fraction of sp³-hybridized carbons (Fsp3) is 0.419. The van der Waals surface area contributed by atoms with Gasteiger partial charge in [-0.3, -0.25) is 4.79 Å². The zero-order valence-corrected chi connectivity index (χ0v) is 23.5. The standard InChI is InChI=1S/C29H30F4N2O2.C2HF3O2/c30-22-13-19(14-23(31)16-22)1-2-28(37)35-9-4-20(5-10-35)27(36)18-34-11-7-29(8-12-34)6-3-21-15-25(32)26(33)17-24(21)29;3-2(4,5)1(6)7/h1-3,6,13-17,20,27,36H,4-5,7-12,18H2;(H,6,7)/b2-1+;. The summed E-state index contributed by atoms with van der Waals surface area (Å²) in [5.74, 6) is -5.94. The van der Waals surface area contributed by atoms with Gasteiger partial charge in [-0.1, -0.05) is 12.2 Å². The molecule has 2 saturated heterocycles. The molecule has 0 bridgehead atoms. The van der Waals surface area contributed by atoms with Gasteiger partial charge in [-0.15, -0.1) is 0 Å². The first-order valence-electron chi connectivity index (χ1n) is 14.0. The number of nitrogens with zero attached hydrogens (tertiary/aromatic N) is 2. The average molecular weight is 629 g/mol. The van der Waals surface area contributed by atoms with Crippen molar-refractivity contribution in [1.29, 1.82) is 0 Å². The van der Waals surface area contributed by atoms with Crippen LogP contribution < -0.4 is 0 Å². The normalized spacial score (nSPS) is 19.1. The van der Waals surface area contributed by atoms with E-state index in [4.69, 9.17) is 9.90 Å². The van der Waals surface area contributed by atoms with Crippen LogP contribution in [0.2, 0.25) is 0 Å². The summed E-state index contributed by atoms with van der Waals surface area (Å²) >= 11 is 0. The molecule has 6 nitrogen and oxygen atoms in total. The van der Waals surface area contributed by atoms with Crippen LogP contribution in [0.3, 0.4) is 0 Å². The van der Waals surface area contributed by atoms with Crippen molar-refractivity contribution in [3.05, 3.63) is 82.4 Å². The van der Waals surface area contributed by atoms with Crippen molar-refractivity contribution >= 4 is 24.0 Å². The van der Waals surface area contributed by atoms with Gasteiger partial charge in [0.05, 0.1) is 6.10 Å². The largest absolute Gasteiger partial charge is 0.490 e. The molecule has 44 heavy (non-hydrogen) atoms. The number of aliphatic carboxylic acids is 1. The average Bonchev–Trinajstić information content (AvgIpc) is 3.29. The number of likely N-dealkylation sites (tertiary alicyclic amines) is 2. The predicted octanol–water partition coefficient (Wildman–Crippen LogP) is 5.55. The molecule has 2 fully saturated rings. The minimum absolute atomic E-state index is 0.0744. The fourth-order valence-electron chi connectivity index (χ4n) is 5.90. The summed E-state index contributed by atoms with van der Waals surface area (Å²) in [5, 5.41) is 18.0. The number of carbonyl (C=O) groups excluding carboxylic acids is 1. The molecule has 2 N–H and O–H groups in total. The second-order valence-corrected chi connectivity index (χ2v) is 11.2. The Kier molecular flexibility index (Phi) is 10.2. The minimum atomic E-state index is -5.08. The lowest BCUT2D eigenvalue weighted by molar-refractivity contribution is -0.192. The minimum Gasteiger partial charge on any atom is -0.475 e. The molecule has 2 heterocycles. The smallest absolute Gasteiger partial charge is 0.475 e. The lowest BCUT2D eigenvalue weighted by Crippen LogP contribution is -2.47. The van der Waals surface area contributed by atoms with Crippen LogP contribution in [0.5, 0.6) is 0 Å². The zero-order chi connectivity index (χ0) is 32.2. The molecule has 1 unspecified atom stereocenters. The molecule has 1 spiro atoms. The second-order valence-electron chi connectivity index (χ2n) is 11.2. The lowest BCUT2D eigenvalue weighted by Gasteiger charge is -2.41. The van der Waals surface area contributed by atoms with Crippen molar-refractivity contribution < 1.29 is 50.5 Å². The summed E-state index contributed by atoms with van der Waals surface area (Å²) in [4.78, 5) is 25.3. The molecule has 0 aromatic heterocycles. The topological polar surface area (TPSA) is 81.1 Å². The number of hydrogen-bond acceptors (Lipinski definition) is 4. The second kappa shape index (κ2) is 13.5. The third kappa shape index (κ3) is 8.06. The van der Waals surface area contributed by atoms with Gasteiger partial charge in [0.1, 0.15) is 11.6 Å². The Labute approximate surface area is 249 Å². The number of aliphatic hydroxyl groups is 1. The summed E-state index contributed by atoms with van der Waals surface area (Å²) < 4.78 is 85.9. The SMILES string of the molecule is O=C(/C=C/c1cc(F)cc(F)c1)N1CCC(C(O)CN2CCC3(C=Cc4cc(F)c(F)cc43)CC2)CC1.O=C(O)C(F)(F)F. The van der Waals surface area contributed by atoms with Crippen molar-refractivity contribution in [2.75, 3.05) is 32.7 Å². The van der Waals surface area contributed by atoms with Crippen LogP contribution in [0.1, 0.15) is 42.4 Å². The molecular weight excluding hydrogens is 597 g/mol. The summed E-state index contributed by atoms with van der Waals surface area (Å²) in [6.07, 6.45) is 3.98. The highest BCUT2D eigenvalue weighted by molar-refractivity contribution is 5.91. The number of carbonyl (C=O) groups is 2. The van der Waals surface area contributed by atoms with E-state index in [1.54, 1.807) is 4.90 Å². The Balaban J connectivity index is 0.000000566. The number of hydrogen-bond donors (Lipinski definition) is 2. The molecule has 238 valence electrons. The Morgan fingerprint density at radius 1 is 0.932 bits per heavy atom. The van der Waals surface area contributed by atoms with Gasteiger partial charge in [0.25, 0.3) is 0 Å². The van der Waals surface area contributed by atoms with E-state index in [9.17, 15) is 40.6 Å². The van der Waals surface area contributed by atoms with Crippen LogP contribution in [-0.2, 0) is 15.0 Å². The van der Waals surface area contributed by atoms with Gasteiger partial charge in [0.2, 0.25) is 5.91 Å². The van der Waals surface area contributed by atoms with Gasteiger partial charge < -0.3 is 20.0 Å². The molecule has 0 saturated carbocycles. The van der Waals surface area contributed by atoms with E-state index >= 15 is 0 Å². The van der Waals surface area contributed by atoms with Crippen LogP contribution in [0.25, 0.3) is 12.2 Å². The molecule has 0 radical (unpaired) electrons. The van der Waals surface area contributed by atoms with Gasteiger partial charge in [-0.25, -0.2) is 22.4 Å². The molecule has 13 heteroatoms. The number of fused-ring (bicyclic) bond motifs is 2. The molecule has 2 aliphatic heterocycles. The van der Waals surface area contributed by atoms with Crippen molar-refractivity contribution in [2.45, 2.75) is 43.4 Å². The van der Waals surface area contributed by atoms with Crippen LogP contribution in [-0.4, -0.2) is 76.9 Å². The Hall–Kier alpha value is -3.71. The predicted molar refractivity (Wildman–Crippen MR) is 147 cm³/mol. The number of β-amino-alcohol motifs (C(OH)–C–C–N with tert-alkyl or cyclic N) is 1. The summed E-state index contributed by atoms with van der Waals surface area (Å²) in [6.45, 7) is 3.06. The summed E-state index contributed by atoms with van der Waals surface area (Å²) in [5.41, 5.74) is 1.60. The van der Waals surface area contributed by atoms with Crippen molar-refractivity contribution in [3.63, 3.8) is 0 Å². The van der Waals surface area contributed by atoms with E-state index in [2.05, 4.69) is 11.0 Å². The Morgan fingerprint density at radius 3 is 2.07 bits per heavy atom. The van der Waals surface area contributed by atoms with Gasteiger partial charge in [-0.2, -0.15) is 13.2 Å². The monoisotopic (exact) mass is 628 g/mol. The third-order valence-electron chi connectivity index (χ3n) is 8.35. The fourth-order valence-corrected chi connectivity index (χ4v) is 5.90. The molecular formula is C31H31F7N2O4. The van der Waals surface area contributed by atoms with E-state index in [0.29, 0.717) is 32.5 Å². The van der Waals surface area contributed by atoms with Gasteiger partial charge in [-0.05, 0) is 91.7 Å². The van der Waals surface area contributed by atoms with Gasteiger partial charge >= 0.3 is 12.1 Å². The molecule has 2 aromatic carbocycles. The van der Waals surface area contributed by atoms with E-state index in [-0.39, 0.29) is 22.8 Å². The van der Waals surface area contributed by atoms with Crippen molar-refractivity contribution in [1.82, 2.24) is 9.80 Å². The van der Waals surface area contributed by atoms with Crippen molar-refractivity contribution in [2.24, 2.45) is 5.92 Å². The maximum absolute atomic E-state index is 13.9. The highest BCUT2D eigenvalue weighted by Gasteiger charge is 2.40. The maximum atomic E-state index is 13.9. The van der Waals surface area contributed by atoms with Crippen LogP contribution in [0.4, 0.5) is 30.7 Å². The van der Waals surface area contributed by atoms with Crippen LogP contribution in [0, 0.1) is 29.2 Å². The first-order chi connectivity index (χ1) is 20.7. The number of carboxylic acids is 1. The zero-order valence-electron chi connectivity index (χ0n) is 23.5. The van der Waals surface area contributed by atoms with E-state index in [1.807, 2.05) is 6.08 Å². The third-order valence-corrected chi connectivity index (χ3v) is 8.35. The Bertz CT molecular complexity index is 1410. The van der Waals surface area contributed by atoms with E-state index < -0.39 is 41.5 Å². The number of amides is 1. The molecule has 1 atom stereocenters. The van der Waals surface area contributed by atoms with E-state index in [0.717, 1.165) is 55.3 Å². The first-order valence-corrected chi connectivity index (χ1v) is 14.0. The number of benzene rings is 2. The quantitative estimate of drug-likeness (QED) is 0.336. The number of alkyl halides is 3. The van der Waals surface area contributed by atoms with Crippen LogP contribution in [0.15, 0.2) is 42.5 Å². The van der Waals surface area contributed by atoms with E-state index in [1.165, 1.54) is 24.3 Å². The highest BCUT2D eigenvalue weighted by atomic mass is 19.4. The number of halogens is 7. The van der Waals surface area contributed by atoms with Crippen molar-refractivity contribution in [3.8, 4) is 0 Å². The number of allylic oxidation sites excluding steroid dienone is 1. The molecule has 1 amide bonds. The lowest BCUT2D eigenvalue weighted by atomic mass is 9.74. The number of piperidine rings is 2. The highest BCUT2D eigenvalue weighted by Crippen LogP contribution is 2.44. The number of carboxylic acid groups (broad SMARTS) is 1. The summed E-state index contributed by atoms with van der Waals surface area (Å²) in [6, 6.07) is 5.71. The molecule has 2 aromatic rings. The first kappa shape index (κ1) is 33.2. The number of aliphatic hydroxyl groups excluding tert-OH is 1. The molecule has 5 rings (SSSR count).